The summed E-state index contributed by atoms with van der Waals surface area (Å²) in [5, 5.41) is 10.6. The summed E-state index contributed by atoms with van der Waals surface area (Å²) >= 11 is 0. The Hall–Kier alpha value is -2.86. The first-order chi connectivity index (χ1) is 17.2. The van der Waals surface area contributed by atoms with Gasteiger partial charge in [0, 0.05) is 40.7 Å². The molecule has 164 valence electrons. The summed E-state index contributed by atoms with van der Waals surface area (Å²) in [5.41, 5.74) is 0.185. The first-order valence-corrected chi connectivity index (χ1v) is 9.87. The lowest BCUT2D eigenvalue weighted by Gasteiger charge is -2.34. The van der Waals surface area contributed by atoms with E-state index in [2.05, 4.69) is 0 Å². The number of aliphatic carboxylic acids is 1. The van der Waals surface area contributed by atoms with E-state index >= 15 is 0 Å². The van der Waals surface area contributed by atoms with Crippen molar-refractivity contribution in [2.75, 3.05) is 18.4 Å². The Morgan fingerprint density at radius 3 is 2.52 bits per heavy atom. The Balaban J connectivity index is 2.30. The maximum Gasteiger partial charge on any atom is 0.337 e. The zero-order valence-electron chi connectivity index (χ0n) is 25.0. The summed E-state index contributed by atoms with van der Waals surface area (Å²) in [7, 11) is 0. The highest BCUT2D eigenvalue weighted by Crippen LogP contribution is 2.47. The normalized spacial score (nSPS) is 21.9. The first kappa shape index (κ1) is 14.2. The van der Waals surface area contributed by atoms with Gasteiger partial charge in [0.15, 0.2) is 6.10 Å². The second-order valence-electron chi connectivity index (χ2n) is 8.66. The third kappa shape index (κ3) is 3.59. The maximum absolute atomic E-state index is 13.9. The molecule has 0 unspecified atom stereocenters. The van der Waals surface area contributed by atoms with E-state index in [4.69, 9.17) is 14.3 Å². The number of nitrogens with zero attached hydrogens (tertiary/aromatic N) is 2. The molecule has 3 aromatic rings. The molecule has 1 aromatic heterocycles. The molecule has 1 N–H and O–H groups in total. The molecule has 6 heteroatoms. The van der Waals surface area contributed by atoms with Crippen LogP contribution in [0.2, 0.25) is 0 Å². The summed E-state index contributed by atoms with van der Waals surface area (Å²) in [6.07, 6.45) is -1.61. The molecule has 0 radical (unpaired) electrons. The molecule has 2 heterocycles. The van der Waals surface area contributed by atoms with Gasteiger partial charge in [-0.15, -0.1) is 0 Å². The van der Waals surface area contributed by atoms with Crippen LogP contribution in [0.1, 0.15) is 53.3 Å². The Morgan fingerprint density at radius 2 is 1.94 bits per heavy atom. The Morgan fingerprint density at radius 1 is 1.26 bits per heavy atom. The van der Waals surface area contributed by atoms with E-state index in [-0.39, 0.29) is 22.3 Å². The summed E-state index contributed by atoms with van der Waals surface area (Å²) in [6, 6.07) is 6.88. The van der Waals surface area contributed by atoms with Crippen LogP contribution in [-0.2, 0) is 16.0 Å². The van der Waals surface area contributed by atoms with E-state index in [1.807, 2.05) is 0 Å². The van der Waals surface area contributed by atoms with Crippen LogP contribution < -0.4 is 4.90 Å². The van der Waals surface area contributed by atoms with E-state index in [9.17, 15) is 14.3 Å². The van der Waals surface area contributed by atoms with Crippen molar-refractivity contribution in [3.63, 3.8) is 0 Å². The van der Waals surface area contributed by atoms with Crippen molar-refractivity contribution >= 4 is 22.6 Å². The van der Waals surface area contributed by atoms with Crippen molar-refractivity contribution in [1.82, 2.24) is 4.57 Å². The van der Waals surface area contributed by atoms with E-state index in [0.717, 1.165) is 4.57 Å². The zero-order chi connectivity index (χ0) is 28.7. The Kier molecular flexibility index (Phi) is 3.39. The summed E-state index contributed by atoms with van der Waals surface area (Å²) in [4.78, 5) is 13.1. The van der Waals surface area contributed by atoms with Gasteiger partial charge in [-0.25, -0.2) is 9.18 Å². The molecule has 0 amide bonds. The van der Waals surface area contributed by atoms with Gasteiger partial charge in [0.25, 0.3) is 0 Å². The van der Waals surface area contributed by atoms with Crippen LogP contribution in [0.5, 0.6) is 0 Å². The smallest absolute Gasteiger partial charge is 0.337 e. The SMILES string of the molecule is [2H]C([2H])([2H])N1c2c(C)c([C@H](OC(C)(C)C)C(=O)O)c(-c3ccc(F)cc3)c3cc(C)n(c23)C([2H])([2H])C1([2H])[2H]. The number of hydrogen-bond donors (Lipinski definition) is 1. The Bertz CT molecular complexity index is 1440. The molecule has 0 aliphatic carbocycles. The van der Waals surface area contributed by atoms with Crippen molar-refractivity contribution in [1.29, 1.82) is 0 Å². The average Bonchev–Trinajstić information content (AvgIpc) is 3.09. The van der Waals surface area contributed by atoms with Gasteiger partial charge < -0.3 is 19.3 Å². The minimum atomic E-state index is -3.13. The molecular weight excluding hydrogens is 395 g/mol. The second kappa shape index (κ2) is 7.38. The number of benzene rings is 2. The van der Waals surface area contributed by atoms with Crippen LogP contribution in [0.4, 0.5) is 10.1 Å². The minimum Gasteiger partial charge on any atom is -0.479 e. The summed E-state index contributed by atoms with van der Waals surface area (Å²) < 4.78 is 80.2. The number of aryl methyl sites for hydroxylation is 2. The standard InChI is InChI=1S/C25H29FN2O3/c1-14-13-18-20(16-7-9-17(26)10-8-16)19(23(24(29)30)31-25(3,4)5)15(2)21-22(18)28(14)12-11-27(21)6/h7-10,13,23H,11-12H2,1-6H3,(H,29,30)/t23-/m0/s1/i6D3,11D2,12D2. The fourth-order valence-corrected chi connectivity index (χ4v) is 4.12. The molecule has 2 aromatic carbocycles. The number of carboxylic acid groups (broad SMARTS) is 1. The second-order valence-corrected chi connectivity index (χ2v) is 8.66. The number of carbonyl (C=O) groups is 1. The van der Waals surface area contributed by atoms with Gasteiger partial charge in [-0.2, -0.15) is 0 Å². The molecule has 0 bridgehead atoms. The largest absolute Gasteiger partial charge is 0.479 e. The number of hydrogen-bond acceptors (Lipinski definition) is 3. The molecular formula is C25H29FN2O3. The predicted molar refractivity (Wildman–Crippen MR) is 121 cm³/mol. The number of carboxylic acids is 1. The lowest BCUT2D eigenvalue weighted by atomic mass is 9.87. The van der Waals surface area contributed by atoms with Crippen molar-refractivity contribution in [2.45, 2.75) is 52.8 Å². The van der Waals surface area contributed by atoms with Crippen LogP contribution in [-0.4, -0.2) is 34.7 Å². The highest BCUT2D eigenvalue weighted by Gasteiger charge is 2.35. The van der Waals surface area contributed by atoms with Crippen molar-refractivity contribution in [3.8, 4) is 11.1 Å². The zero-order valence-corrected chi connectivity index (χ0v) is 18.0. The summed E-state index contributed by atoms with van der Waals surface area (Å²) in [5.74, 6) is -1.88. The highest BCUT2D eigenvalue weighted by atomic mass is 19.1. The predicted octanol–water partition coefficient (Wildman–Crippen LogP) is 5.45. The lowest BCUT2D eigenvalue weighted by Crippen LogP contribution is -2.31. The number of rotatable bonds is 4. The van der Waals surface area contributed by atoms with Gasteiger partial charge in [-0.05, 0) is 69.5 Å². The molecule has 4 rings (SSSR count). The van der Waals surface area contributed by atoms with E-state index in [1.54, 1.807) is 33.8 Å². The third-order valence-corrected chi connectivity index (χ3v) is 5.29. The van der Waals surface area contributed by atoms with Crippen LogP contribution in [0.15, 0.2) is 30.3 Å². The molecule has 0 saturated heterocycles. The van der Waals surface area contributed by atoms with Gasteiger partial charge in [0.2, 0.25) is 0 Å². The third-order valence-electron chi connectivity index (χ3n) is 5.29. The number of aromatic nitrogens is 1. The van der Waals surface area contributed by atoms with E-state index in [1.165, 1.54) is 31.2 Å². The molecule has 1 aliphatic rings. The molecule has 0 saturated carbocycles. The van der Waals surface area contributed by atoms with Gasteiger partial charge in [0.1, 0.15) is 5.82 Å². The van der Waals surface area contributed by atoms with Crippen LogP contribution >= 0.6 is 0 Å². The van der Waals surface area contributed by atoms with Crippen LogP contribution in [0.25, 0.3) is 22.0 Å². The van der Waals surface area contributed by atoms with Gasteiger partial charge >= 0.3 is 5.97 Å². The average molecular weight is 432 g/mol. The monoisotopic (exact) mass is 431 g/mol. The topological polar surface area (TPSA) is 54.7 Å². The number of anilines is 1. The number of likely N-dealkylation sites (N-methyl/N-ethyl adjacent to an activating group) is 1. The quantitative estimate of drug-likeness (QED) is 0.596. The first-order valence-electron chi connectivity index (χ1n) is 13.4. The van der Waals surface area contributed by atoms with E-state index in [0.29, 0.717) is 27.1 Å². The molecule has 1 aliphatic heterocycles. The van der Waals surface area contributed by atoms with Gasteiger partial charge in [-0.3, -0.25) is 0 Å². The minimum absolute atomic E-state index is 0.0752. The highest BCUT2D eigenvalue weighted by molar-refractivity contribution is 6.07. The number of halogens is 1. The lowest BCUT2D eigenvalue weighted by molar-refractivity contribution is -0.160. The van der Waals surface area contributed by atoms with Crippen molar-refractivity contribution in [3.05, 3.63) is 53.0 Å². The molecule has 1 atom stereocenters. The molecule has 31 heavy (non-hydrogen) atoms. The molecule has 5 nitrogen and oxygen atoms in total. The van der Waals surface area contributed by atoms with Crippen molar-refractivity contribution < 1.29 is 28.6 Å². The fraction of sp³-hybridized carbons (Fsp3) is 0.400. The number of ether oxygens (including phenoxy) is 1. The molecule has 0 fully saturated rings. The van der Waals surface area contributed by atoms with Crippen molar-refractivity contribution in [2.24, 2.45) is 0 Å². The van der Waals surface area contributed by atoms with Crippen LogP contribution in [0, 0.1) is 19.7 Å². The maximum atomic E-state index is 13.9. The van der Waals surface area contributed by atoms with E-state index < -0.39 is 43.5 Å². The summed E-state index contributed by atoms with van der Waals surface area (Å²) in [6.45, 7) is -0.958. The fourth-order valence-electron chi connectivity index (χ4n) is 4.12. The Labute approximate surface area is 191 Å². The van der Waals surface area contributed by atoms with Gasteiger partial charge in [-0.1, -0.05) is 12.1 Å². The molecule has 0 spiro atoms. The van der Waals surface area contributed by atoms with Gasteiger partial charge in [0.05, 0.1) is 22.3 Å². The van der Waals surface area contributed by atoms with Crippen LogP contribution in [0.3, 0.4) is 0 Å².